The lowest BCUT2D eigenvalue weighted by Gasteiger charge is -2.21. The van der Waals surface area contributed by atoms with Gasteiger partial charge in [-0.2, -0.15) is 0 Å². The molecule has 2 heterocycles. The zero-order chi connectivity index (χ0) is 16.2. The Kier molecular flexibility index (Phi) is 4.82. The first-order valence-electron chi connectivity index (χ1n) is 7.82. The van der Waals surface area contributed by atoms with E-state index in [4.69, 9.17) is 11.6 Å². The number of ketones is 1. The number of fused-ring (bicyclic) bond motifs is 1. The Morgan fingerprint density at radius 3 is 2.61 bits per heavy atom. The van der Waals surface area contributed by atoms with Crippen LogP contribution in [0.1, 0.15) is 39.3 Å². The highest BCUT2D eigenvalue weighted by molar-refractivity contribution is 6.17. The minimum absolute atomic E-state index is 0.0357. The molecule has 0 atom stereocenters. The van der Waals surface area contributed by atoms with E-state index in [0.29, 0.717) is 43.2 Å². The molecule has 1 aromatic heterocycles. The summed E-state index contributed by atoms with van der Waals surface area (Å²) in [5.41, 5.74) is 2.15. The van der Waals surface area contributed by atoms with E-state index in [1.807, 2.05) is 41.1 Å². The predicted octanol–water partition coefficient (Wildman–Crippen LogP) is 3.19. The van der Waals surface area contributed by atoms with E-state index in [1.165, 1.54) is 0 Å². The minimum Gasteiger partial charge on any atom is -0.338 e. The molecule has 0 unspecified atom stereocenters. The van der Waals surface area contributed by atoms with Gasteiger partial charge in [0.1, 0.15) is 5.69 Å². The first-order valence-corrected chi connectivity index (χ1v) is 8.35. The molecule has 0 spiro atoms. The largest absolute Gasteiger partial charge is 0.338 e. The number of alkyl halides is 1. The van der Waals surface area contributed by atoms with Gasteiger partial charge in [0.05, 0.1) is 0 Å². The molecule has 0 saturated heterocycles. The van der Waals surface area contributed by atoms with Crippen molar-refractivity contribution in [1.29, 1.82) is 0 Å². The summed E-state index contributed by atoms with van der Waals surface area (Å²) in [6.45, 7) is 1.64. The molecular weight excluding hydrogens is 312 g/mol. The van der Waals surface area contributed by atoms with Gasteiger partial charge in [-0.3, -0.25) is 9.59 Å². The number of hydrogen-bond donors (Lipinski definition) is 0. The van der Waals surface area contributed by atoms with Crippen molar-refractivity contribution >= 4 is 23.3 Å². The van der Waals surface area contributed by atoms with E-state index < -0.39 is 0 Å². The van der Waals surface area contributed by atoms with Gasteiger partial charge in [0.2, 0.25) is 0 Å². The Balaban J connectivity index is 1.93. The normalized spacial score (nSPS) is 14.7. The maximum Gasteiger partial charge on any atom is 0.271 e. The van der Waals surface area contributed by atoms with Crippen LogP contribution in [-0.2, 0) is 6.54 Å². The molecule has 3 rings (SSSR count). The average Bonchev–Trinajstić information content (AvgIpc) is 2.93. The van der Waals surface area contributed by atoms with Crippen molar-refractivity contribution in [3.05, 3.63) is 59.4 Å². The van der Waals surface area contributed by atoms with Crippen molar-refractivity contribution < 1.29 is 9.59 Å². The molecule has 23 heavy (non-hydrogen) atoms. The molecule has 1 aliphatic rings. The molecule has 1 aliphatic heterocycles. The van der Waals surface area contributed by atoms with Crippen molar-refractivity contribution in [2.75, 3.05) is 19.0 Å². The van der Waals surface area contributed by atoms with Crippen LogP contribution in [0.4, 0.5) is 0 Å². The summed E-state index contributed by atoms with van der Waals surface area (Å²) in [5, 5.41) is 0. The van der Waals surface area contributed by atoms with E-state index in [-0.39, 0.29) is 11.7 Å². The molecule has 0 aliphatic carbocycles. The van der Waals surface area contributed by atoms with Crippen LogP contribution in [0, 0.1) is 0 Å². The first-order chi connectivity index (χ1) is 11.2. The molecule has 0 N–H and O–H groups in total. The predicted molar refractivity (Wildman–Crippen MR) is 90.2 cm³/mol. The highest BCUT2D eigenvalue weighted by Crippen LogP contribution is 2.21. The van der Waals surface area contributed by atoms with Gasteiger partial charge in [-0.05, 0) is 18.1 Å². The molecule has 2 aromatic rings. The van der Waals surface area contributed by atoms with Crippen LogP contribution < -0.4 is 0 Å². The summed E-state index contributed by atoms with van der Waals surface area (Å²) in [4.78, 5) is 26.9. The summed E-state index contributed by atoms with van der Waals surface area (Å²) in [5.74, 6) is 0.473. The third-order valence-electron chi connectivity index (χ3n) is 4.12. The number of aromatic nitrogens is 1. The van der Waals surface area contributed by atoms with E-state index in [1.54, 1.807) is 11.0 Å². The number of carbonyl (C=O) groups is 2. The van der Waals surface area contributed by atoms with Crippen LogP contribution in [0.15, 0.2) is 42.6 Å². The van der Waals surface area contributed by atoms with E-state index in [0.717, 1.165) is 12.0 Å². The lowest BCUT2D eigenvalue weighted by molar-refractivity contribution is 0.0749. The molecule has 1 aromatic carbocycles. The van der Waals surface area contributed by atoms with Crippen LogP contribution in [0.2, 0.25) is 0 Å². The maximum atomic E-state index is 12.9. The van der Waals surface area contributed by atoms with Gasteiger partial charge < -0.3 is 9.47 Å². The molecule has 0 bridgehead atoms. The molecule has 5 heteroatoms. The lowest BCUT2D eigenvalue weighted by Crippen LogP contribution is -2.33. The van der Waals surface area contributed by atoms with Gasteiger partial charge in [0.15, 0.2) is 5.78 Å². The Morgan fingerprint density at radius 2 is 1.87 bits per heavy atom. The summed E-state index contributed by atoms with van der Waals surface area (Å²) in [6, 6.07) is 11.7. The summed E-state index contributed by atoms with van der Waals surface area (Å²) in [6.07, 6.45) is 2.94. The Bertz CT molecular complexity index is 709. The second kappa shape index (κ2) is 7.01. The van der Waals surface area contributed by atoms with Crippen LogP contribution in [0.25, 0.3) is 0 Å². The molecule has 0 fully saturated rings. The number of rotatable bonds is 5. The van der Waals surface area contributed by atoms with Crippen LogP contribution in [0.3, 0.4) is 0 Å². The van der Waals surface area contributed by atoms with Crippen LogP contribution in [0.5, 0.6) is 0 Å². The topological polar surface area (TPSA) is 42.3 Å². The maximum absolute atomic E-state index is 12.9. The van der Waals surface area contributed by atoms with Gasteiger partial charge >= 0.3 is 0 Å². The number of nitrogens with zero attached hydrogens (tertiary/aromatic N) is 2. The zero-order valence-electron chi connectivity index (χ0n) is 12.9. The minimum atomic E-state index is -0.0723. The number of carbonyl (C=O) groups excluding carboxylic acids is 2. The van der Waals surface area contributed by atoms with Crippen molar-refractivity contribution in [3.63, 3.8) is 0 Å². The fourth-order valence-corrected chi connectivity index (χ4v) is 3.05. The highest BCUT2D eigenvalue weighted by atomic mass is 35.5. The Morgan fingerprint density at radius 1 is 1.09 bits per heavy atom. The van der Waals surface area contributed by atoms with Crippen molar-refractivity contribution in [3.8, 4) is 0 Å². The van der Waals surface area contributed by atoms with Gasteiger partial charge in [-0.15, -0.1) is 11.6 Å². The third kappa shape index (κ3) is 3.32. The first kappa shape index (κ1) is 15.8. The SMILES string of the molecule is O=C1CCN(CCCCl)C(=O)c2c1ccn2Cc1ccccc1. The zero-order valence-corrected chi connectivity index (χ0v) is 13.6. The van der Waals surface area contributed by atoms with E-state index in [9.17, 15) is 9.59 Å². The number of benzene rings is 1. The molecule has 0 radical (unpaired) electrons. The van der Waals surface area contributed by atoms with Gasteiger partial charge in [0.25, 0.3) is 5.91 Å². The number of hydrogen-bond acceptors (Lipinski definition) is 2. The van der Waals surface area contributed by atoms with Crippen LogP contribution >= 0.6 is 11.6 Å². The second-order valence-electron chi connectivity index (χ2n) is 5.70. The van der Waals surface area contributed by atoms with Crippen molar-refractivity contribution in [1.82, 2.24) is 9.47 Å². The molecule has 0 saturated carbocycles. The van der Waals surface area contributed by atoms with E-state index >= 15 is 0 Å². The number of Topliss-reactive ketones (excluding diaryl/α,β-unsaturated/α-hetero) is 1. The molecular formula is C18H19ClN2O2. The number of amides is 1. The van der Waals surface area contributed by atoms with Gasteiger partial charge in [0, 0.05) is 43.7 Å². The summed E-state index contributed by atoms with van der Waals surface area (Å²) >= 11 is 5.75. The van der Waals surface area contributed by atoms with E-state index in [2.05, 4.69) is 0 Å². The van der Waals surface area contributed by atoms with Crippen molar-refractivity contribution in [2.24, 2.45) is 0 Å². The smallest absolute Gasteiger partial charge is 0.271 e. The summed E-state index contributed by atoms with van der Waals surface area (Å²) < 4.78 is 1.88. The van der Waals surface area contributed by atoms with Gasteiger partial charge in [-0.1, -0.05) is 30.3 Å². The summed E-state index contributed by atoms with van der Waals surface area (Å²) in [7, 11) is 0. The lowest BCUT2D eigenvalue weighted by atomic mass is 10.1. The molecule has 120 valence electrons. The monoisotopic (exact) mass is 330 g/mol. The molecule has 1 amide bonds. The Hall–Kier alpha value is -2.07. The quantitative estimate of drug-likeness (QED) is 0.790. The fourth-order valence-electron chi connectivity index (χ4n) is 2.93. The number of halogens is 1. The van der Waals surface area contributed by atoms with Crippen molar-refractivity contribution in [2.45, 2.75) is 19.4 Å². The fraction of sp³-hybridized carbons (Fsp3) is 0.333. The van der Waals surface area contributed by atoms with Crippen LogP contribution in [-0.4, -0.2) is 40.1 Å². The highest BCUT2D eigenvalue weighted by Gasteiger charge is 2.29. The second-order valence-corrected chi connectivity index (χ2v) is 6.08. The third-order valence-corrected chi connectivity index (χ3v) is 4.39. The Labute approximate surface area is 140 Å². The standard InChI is InChI=1S/C18H19ClN2O2/c19-9-4-10-20-12-8-16(22)15-7-11-21(17(15)18(20)23)13-14-5-2-1-3-6-14/h1-3,5-7,11H,4,8-10,12-13H2. The molecule has 4 nitrogen and oxygen atoms in total. The van der Waals surface area contributed by atoms with Gasteiger partial charge in [-0.25, -0.2) is 0 Å². The average molecular weight is 331 g/mol.